The van der Waals surface area contributed by atoms with Gasteiger partial charge in [0.25, 0.3) is 0 Å². The van der Waals surface area contributed by atoms with Gasteiger partial charge in [-0.3, -0.25) is 0 Å². The standard InChI is InChI=1S/C14H14F3N3/c15-14(16,17)11-6-7-13(19-8-11)20-9-12(18)10-4-2-1-3-5-10/h1-8,12H,9,18H2,(H,19,20). The molecule has 0 spiro atoms. The van der Waals surface area contributed by atoms with Crippen LogP contribution in [0.2, 0.25) is 0 Å². The van der Waals surface area contributed by atoms with Crippen LogP contribution in [0.4, 0.5) is 19.0 Å². The Labute approximate surface area is 114 Å². The highest BCUT2D eigenvalue weighted by atomic mass is 19.4. The van der Waals surface area contributed by atoms with Crippen LogP contribution >= 0.6 is 0 Å². The fraction of sp³-hybridized carbons (Fsp3) is 0.214. The number of hydrogen-bond acceptors (Lipinski definition) is 3. The van der Waals surface area contributed by atoms with E-state index in [2.05, 4.69) is 10.3 Å². The molecule has 0 aliphatic heterocycles. The lowest BCUT2D eigenvalue weighted by molar-refractivity contribution is -0.137. The number of halogens is 3. The van der Waals surface area contributed by atoms with Gasteiger partial charge in [0.1, 0.15) is 5.82 Å². The number of nitrogens with one attached hydrogen (secondary N) is 1. The van der Waals surface area contributed by atoms with E-state index in [0.717, 1.165) is 17.8 Å². The van der Waals surface area contributed by atoms with Crippen LogP contribution in [0.1, 0.15) is 17.2 Å². The molecule has 0 fully saturated rings. The number of pyridine rings is 1. The Balaban J connectivity index is 1.94. The van der Waals surface area contributed by atoms with Gasteiger partial charge < -0.3 is 11.1 Å². The Bertz CT molecular complexity index is 538. The van der Waals surface area contributed by atoms with Crippen LogP contribution in [-0.2, 0) is 6.18 Å². The molecule has 1 heterocycles. The van der Waals surface area contributed by atoms with E-state index < -0.39 is 11.7 Å². The second-order valence-corrected chi connectivity index (χ2v) is 4.33. The number of nitrogens with two attached hydrogens (primary N) is 1. The minimum Gasteiger partial charge on any atom is -0.368 e. The second kappa shape index (κ2) is 5.92. The molecule has 3 N–H and O–H groups in total. The van der Waals surface area contributed by atoms with E-state index >= 15 is 0 Å². The zero-order chi connectivity index (χ0) is 14.6. The summed E-state index contributed by atoms with van der Waals surface area (Å²) in [7, 11) is 0. The first-order valence-corrected chi connectivity index (χ1v) is 6.04. The van der Waals surface area contributed by atoms with Crippen LogP contribution in [0.3, 0.4) is 0 Å². The first-order chi connectivity index (χ1) is 9.47. The number of rotatable bonds is 4. The predicted octanol–water partition coefficient (Wildman–Crippen LogP) is 3.21. The minimum absolute atomic E-state index is 0.250. The van der Waals surface area contributed by atoms with Crippen LogP contribution < -0.4 is 11.1 Å². The highest BCUT2D eigenvalue weighted by Gasteiger charge is 2.30. The molecule has 2 aromatic rings. The highest BCUT2D eigenvalue weighted by molar-refractivity contribution is 5.37. The summed E-state index contributed by atoms with van der Waals surface area (Å²) in [5.41, 5.74) is 6.15. The molecular formula is C14H14F3N3. The minimum atomic E-state index is -4.37. The van der Waals surface area contributed by atoms with Crippen molar-refractivity contribution in [1.29, 1.82) is 0 Å². The van der Waals surface area contributed by atoms with Crippen molar-refractivity contribution in [2.24, 2.45) is 5.73 Å². The Morgan fingerprint density at radius 1 is 1.10 bits per heavy atom. The van der Waals surface area contributed by atoms with E-state index in [9.17, 15) is 13.2 Å². The lowest BCUT2D eigenvalue weighted by Crippen LogP contribution is -2.21. The number of aromatic nitrogens is 1. The van der Waals surface area contributed by atoms with Crippen LogP contribution in [0, 0.1) is 0 Å². The lowest BCUT2D eigenvalue weighted by Gasteiger charge is -2.14. The first-order valence-electron chi connectivity index (χ1n) is 6.04. The van der Waals surface area contributed by atoms with E-state index in [1.165, 1.54) is 6.07 Å². The molecule has 0 saturated heterocycles. The molecule has 0 saturated carbocycles. The molecule has 3 nitrogen and oxygen atoms in total. The van der Waals surface area contributed by atoms with Gasteiger partial charge in [0.2, 0.25) is 0 Å². The van der Waals surface area contributed by atoms with Gasteiger partial charge >= 0.3 is 6.18 Å². The molecule has 1 aromatic carbocycles. The fourth-order valence-corrected chi connectivity index (χ4v) is 1.70. The van der Waals surface area contributed by atoms with Crippen molar-refractivity contribution in [3.05, 3.63) is 59.8 Å². The normalized spacial score (nSPS) is 13.0. The van der Waals surface area contributed by atoms with Gasteiger partial charge in [0.15, 0.2) is 0 Å². The van der Waals surface area contributed by atoms with Crippen LogP contribution in [0.15, 0.2) is 48.7 Å². The molecule has 0 radical (unpaired) electrons. The molecule has 0 aliphatic carbocycles. The average molecular weight is 281 g/mol. The van der Waals surface area contributed by atoms with Crippen LogP contribution in [-0.4, -0.2) is 11.5 Å². The Morgan fingerprint density at radius 3 is 2.35 bits per heavy atom. The van der Waals surface area contributed by atoms with Crippen molar-refractivity contribution in [3.63, 3.8) is 0 Å². The maximum Gasteiger partial charge on any atom is 0.417 e. The summed E-state index contributed by atoms with van der Waals surface area (Å²) in [6.45, 7) is 0.391. The van der Waals surface area contributed by atoms with Crippen LogP contribution in [0.25, 0.3) is 0 Å². The molecular weight excluding hydrogens is 267 g/mol. The third-order valence-corrected chi connectivity index (χ3v) is 2.82. The number of benzene rings is 1. The third-order valence-electron chi connectivity index (χ3n) is 2.82. The molecule has 1 aromatic heterocycles. The SMILES string of the molecule is NC(CNc1ccc(C(F)(F)F)cn1)c1ccccc1. The Kier molecular flexibility index (Phi) is 4.24. The Hall–Kier alpha value is -2.08. The van der Waals surface area contributed by atoms with E-state index in [0.29, 0.717) is 12.4 Å². The summed E-state index contributed by atoms with van der Waals surface area (Å²) in [5.74, 6) is 0.365. The Morgan fingerprint density at radius 2 is 1.80 bits per heavy atom. The maximum absolute atomic E-state index is 12.4. The van der Waals surface area contributed by atoms with Gasteiger partial charge in [-0.2, -0.15) is 13.2 Å². The van der Waals surface area contributed by atoms with Crippen molar-refractivity contribution in [1.82, 2.24) is 4.98 Å². The van der Waals surface area contributed by atoms with E-state index in [-0.39, 0.29) is 6.04 Å². The maximum atomic E-state index is 12.4. The zero-order valence-electron chi connectivity index (χ0n) is 10.6. The van der Waals surface area contributed by atoms with Gasteiger partial charge in [-0.25, -0.2) is 4.98 Å². The zero-order valence-corrected chi connectivity index (χ0v) is 10.6. The number of alkyl halides is 3. The molecule has 0 aliphatic rings. The summed E-state index contributed by atoms with van der Waals surface area (Å²) >= 11 is 0. The number of nitrogens with zero attached hydrogens (tertiary/aromatic N) is 1. The largest absolute Gasteiger partial charge is 0.417 e. The average Bonchev–Trinajstić information content (AvgIpc) is 2.45. The second-order valence-electron chi connectivity index (χ2n) is 4.33. The van der Waals surface area contributed by atoms with Gasteiger partial charge in [-0.1, -0.05) is 30.3 Å². The molecule has 2 rings (SSSR count). The molecule has 0 bridgehead atoms. The summed E-state index contributed by atoms with van der Waals surface area (Å²) in [6.07, 6.45) is -3.57. The van der Waals surface area contributed by atoms with E-state index in [1.807, 2.05) is 30.3 Å². The molecule has 1 unspecified atom stereocenters. The fourth-order valence-electron chi connectivity index (χ4n) is 1.70. The number of hydrogen-bond donors (Lipinski definition) is 2. The van der Waals surface area contributed by atoms with E-state index in [4.69, 9.17) is 5.73 Å². The topological polar surface area (TPSA) is 50.9 Å². The van der Waals surface area contributed by atoms with Crippen molar-refractivity contribution >= 4 is 5.82 Å². The molecule has 20 heavy (non-hydrogen) atoms. The van der Waals surface area contributed by atoms with Crippen molar-refractivity contribution in [2.45, 2.75) is 12.2 Å². The van der Waals surface area contributed by atoms with Gasteiger partial charge in [-0.15, -0.1) is 0 Å². The monoisotopic (exact) mass is 281 g/mol. The van der Waals surface area contributed by atoms with Crippen molar-refractivity contribution in [2.75, 3.05) is 11.9 Å². The lowest BCUT2D eigenvalue weighted by atomic mass is 10.1. The smallest absolute Gasteiger partial charge is 0.368 e. The molecule has 106 valence electrons. The summed E-state index contributed by atoms with van der Waals surface area (Å²) in [6, 6.07) is 11.5. The molecule has 1 atom stereocenters. The van der Waals surface area contributed by atoms with Crippen molar-refractivity contribution in [3.8, 4) is 0 Å². The highest BCUT2D eigenvalue weighted by Crippen LogP contribution is 2.28. The van der Waals surface area contributed by atoms with Crippen molar-refractivity contribution < 1.29 is 13.2 Å². The van der Waals surface area contributed by atoms with Gasteiger partial charge in [0.05, 0.1) is 5.56 Å². The van der Waals surface area contributed by atoms with Gasteiger partial charge in [0, 0.05) is 18.8 Å². The quantitative estimate of drug-likeness (QED) is 0.904. The third kappa shape index (κ3) is 3.71. The summed E-state index contributed by atoms with van der Waals surface area (Å²) < 4.78 is 37.1. The van der Waals surface area contributed by atoms with E-state index in [1.54, 1.807) is 0 Å². The van der Waals surface area contributed by atoms with Crippen LogP contribution in [0.5, 0.6) is 0 Å². The van der Waals surface area contributed by atoms with Gasteiger partial charge in [-0.05, 0) is 17.7 Å². The molecule has 6 heteroatoms. The summed E-state index contributed by atoms with van der Waals surface area (Å²) in [5, 5.41) is 2.92. The summed E-state index contributed by atoms with van der Waals surface area (Å²) in [4.78, 5) is 3.72. The molecule has 0 amide bonds. The first kappa shape index (κ1) is 14.3. The predicted molar refractivity (Wildman–Crippen MR) is 71.1 cm³/mol. The number of anilines is 1.